The lowest BCUT2D eigenvalue weighted by atomic mass is 10.1. The van der Waals surface area contributed by atoms with Crippen LogP contribution < -0.4 is 0 Å². The molecule has 0 aromatic carbocycles. The van der Waals surface area contributed by atoms with E-state index >= 15 is 0 Å². The van der Waals surface area contributed by atoms with Gasteiger partial charge in [-0.2, -0.15) is 4.31 Å². The molecular weight excluding hydrogens is 269 g/mol. The van der Waals surface area contributed by atoms with Gasteiger partial charge in [0.15, 0.2) is 5.82 Å². The summed E-state index contributed by atoms with van der Waals surface area (Å²) in [5, 5.41) is -0.477. The van der Waals surface area contributed by atoms with Crippen molar-refractivity contribution in [3.05, 3.63) is 24.1 Å². The Kier molecular flexibility index (Phi) is 4.17. The molecule has 0 bridgehead atoms. The van der Waals surface area contributed by atoms with Gasteiger partial charge < -0.3 is 4.90 Å². The minimum atomic E-state index is -3.84. The average molecular weight is 287 g/mol. The highest BCUT2D eigenvalue weighted by atomic mass is 32.2. The molecule has 0 radical (unpaired) electrons. The Balaban J connectivity index is 2.28. The molecule has 1 aliphatic rings. The fourth-order valence-corrected chi connectivity index (χ4v) is 3.70. The molecule has 1 aromatic rings. The van der Waals surface area contributed by atoms with Crippen LogP contribution in [0.2, 0.25) is 0 Å². The zero-order valence-electron chi connectivity index (χ0n) is 11.1. The average Bonchev–Trinajstić information content (AvgIpc) is 2.39. The Labute approximate surface area is 113 Å². The van der Waals surface area contributed by atoms with Gasteiger partial charge >= 0.3 is 0 Å². The van der Waals surface area contributed by atoms with Gasteiger partial charge in [0.1, 0.15) is 0 Å². The van der Waals surface area contributed by atoms with Crippen LogP contribution >= 0.6 is 0 Å². The molecule has 19 heavy (non-hydrogen) atoms. The van der Waals surface area contributed by atoms with Gasteiger partial charge in [0.25, 0.3) is 10.0 Å². The Morgan fingerprint density at radius 1 is 1.47 bits per heavy atom. The molecule has 1 saturated heterocycles. The quantitative estimate of drug-likeness (QED) is 0.830. The van der Waals surface area contributed by atoms with Crippen molar-refractivity contribution in [2.24, 2.45) is 0 Å². The maximum Gasteiger partial charge on any atom is 0.263 e. The van der Waals surface area contributed by atoms with E-state index in [0.717, 1.165) is 12.5 Å². The van der Waals surface area contributed by atoms with E-state index in [9.17, 15) is 12.8 Å². The van der Waals surface area contributed by atoms with Crippen LogP contribution in [-0.2, 0) is 10.0 Å². The number of piperazine rings is 1. The smallest absolute Gasteiger partial charge is 0.263 e. The first kappa shape index (κ1) is 14.4. The number of rotatable bonds is 3. The third-order valence-electron chi connectivity index (χ3n) is 3.52. The van der Waals surface area contributed by atoms with Gasteiger partial charge in [-0.05, 0) is 25.6 Å². The van der Waals surface area contributed by atoms with Crippen molar-refractivity contribution in [2.75, 3.05) is 26.7 Å². The highest BCUT2D eigenvalue weighted by molar-refractivity contribution is 7.89. The Hall–Kier alpha value is -1.05. The van der Waals surface area contributed by atoms with Crippen molar-refractivity contribution in [1.82, 2.24) is 14.2 Å². The summed E-state index contributed by atoms with van der Waals surface area (Å²) in [6, 6.07) is 2.66. The zero-order valence-corrected chi connectivity index (χ0v) is 11.9. The van der Waals surface area contributed by atoms with E-state index in [0.29, 0.717) is 19.6 Å². The lowest BCUT2D eigenvalue weighted by Crippen LogP contribution is -2.53. The molecule has 0 saturated carbocycles. The number of likely N-dealkylation sites (N-methyl/N-ethyl adjacent to an activating group) is 1. The van der Waals surface area contributed by atoms with Crippen LogP contribution in [0, 0.1) is 5.82 Å². The summed E-state index contributed by atoms with van der Waals surface area (Å²) in [6.07, 6.45) is 2.15. The fraction of sp³-hybridized carbons (Fsp3) is 0.583. The summed E-state index contributed by atoms with van der Waals surface area (Å²) in [4.78, 5) is 5.80. The number of hydrogen-bond acceptors (Lipinski definition) is 4. The molecule has 0 spiro atoms. The van der Waals surface area contributed by atoms with Crippen LogP contribution in [0.3, 0.4) is 0 Å². The summed E-state index contributed by atoms with van der Waals surface area (Å²) in [6.45, 7) is 3.40. The van der Waals surface area contributed by atoms with Crippen molar-refractivity contribution < 1.29 is 12.8 Å². The first-order valence-electron chi connectivity index (χ1n) is 6.27. The summed E-state index contributed by atoms with van der Waals surface area (Å²) < 4.78 is 39.7. The molecule has 0 aliphatic carbocycles. The van der Waals surface area contributed by atoms with Crippen LogP contribution in [-0.4, -0.2) is 55.3 Å². The SMILES string of the molecule is CCC1CN(S(=O)(=O)c2ncccc2F)CCN1C. The van der Waals surface area contributed by atoms with Gasteiger partial charge in [-0.15, -0.1) is 0 Å². The molecule has 7 heteroatoms. The van der Waals surface area contributed by atoms with E-state index in [-0.39, 0.29) is 6.04 Å². The van der Waals surface area contributed by atoms with E-state index in [1.165, 1.54) is 16.6 Å². The van der Waals surface area contributed by atoms with Gasteiger partial charge in [0.2, 0.25) is 5.03 Å². The monoisotopic (exact) mass is 287 g/mol. The Morgan fingerprint density at radius 3 is 2.84 bits per heavy atom. The van der Waals surface area contributed by atoms with Crippen LogP contribution in [0.5, 0.6) is 0 Å². The predicted octanol–water partition coefficient (Wildman–Crippen LogP) is 0.935. The number of hydrogen-bond donors (Lipinski definition) is 0. The molecule has 2 rings (SSSR count). The van der Waals surface area contributed by atoms with Gasteiger partial charge in [-0.25, -0.2) is 17.8 Å². The third kappa shape index (κ3) is 2.77. The van der Waals surface area contributed by atoms with Crippen molar-refractivity contribution >= 4 is 10.0 Å². The highest BCUT2D eigenvalue weighted by Gasteiger charge is 2.34. The van der Waals surface area contributed by atoms with Crippen molar-refractivity contribution in [2.45, 2.75) is 24.4 Å². The fourth-order valence-electron chi connectivity index (χ4n) is 2.26. The summed E-state index contributed by atoms with van der Waals surface area (Å²) in [7, 11) is -1.87. The third-order valence-corrected chi connectivity index (χ3v) is 5.32. The topological polar surface area (TPSA) is 53.5 Å². The summed E-state index contributed by atoms with van der Waals surface area (Å²) in [5.41, 5.74) is 0. The molecule has 0 N–H and O–H groups in total. The van der Waals surface area contributed by atoms with Gasteiger partial charge in [-0.1, -0.05) is 6.92 Å². The molecule has 1 unspecified atom stereocenters. The van der Waals surface area contributed by atoms with E-state index in [2.05, 4.69) is 9.88 Å². The van der Waals surface area contributed by atoms with E-state index in [1.54, 1.807) is 0 Å². The second kappa shape index (κ2) is 5.52. The number of nitrogens with zero attached hydrogens (tertiary/aromatic N) is 3. The first-order valence-corrected chi connectivity index (χ1v) is 7.71. The molecule has 1 fully saturated rings. The van der Waals surface area contributed by atoms with Crippen LogP contribution in [0.15, 0.2) is 23.4 Å². The molecule has 2 heterocycles. The number of aromatic nitrogens is 1. The first-order chi connectivity index (χ1) is 8.96. The maximum absolute atomic E-state index is 13.6. The summed E-state index contributed by atoms with van der Waals surface area (Å²) in [5.74, 6) is -0.797. The Morgan fingerprint density at radius 2 is 2.21 bits per heavy atom. The van der Waals surface area contributed by atoms with Gasteiger partial charge in [0, 0.05) is 31.9 Å². The van der Waals surface area contributed by atoms with E-state index in [1.807, 2.05) is 14.0 Å². The van der Waals surface area contributed by atoms with Crippen LogP contribution in [0.1, 0.15) is 13.3 Å². The minimum absolute atomic E-state index is 0.162. The largest absolute Gasteiger partial charge is 0.301 e. The normalized spacial score (nSPS) is 22.6. The van der Waals surface area contributed by atoms with Gasteiger partial charge in [0.05, 0.1) is 0 Å². The second-order valence-electron chi connectivity index (χ2n) is 4.70. The molecular formula is C12H18FN3O2S. The highest BCUT2D eigenvalue weighted by Crippen LogP contribution is 2.20. The number of pyridine rings is 1. The van der Waals surface area contributed by atoms with Crippen molar-refractivity contribution in [3.8, 4) is 0 Å². The van der Waals surface area contributed by atoms with Crippen LogP contribution in [0.25, 0.3) is 0 Å². The lowest BCUT2D eigenvalue weighted by molar-refractivity contribution is 0.143. The van der Waals surface area contributed by atoms with Crippen molar-refractivity contribution in [1.29, 1.82) is 0 Å². The van der Waals surface area contributed by atoms with Crippen molar-refractivity contribution in [3.63, 3.8) is 0 Å². The van der Waals surface area contributed by atoms with E-state index < -0.39 is 20.9 Å². The minimum Gasteiger partial charge on any atom is -0.301 e. The predicted molar refractivity (Wildman–Crippen MR) is 69.7 cm³/mol. The van der Waals surface area contributed by atoms with E-state index in [4.69, 9.17) is 0 Å². The molecule has 1 aromatic heterocycles. The molecule has 5 nitrogen and oxygen atoms in total. The standard InChI is InChI=1S/C12H18FN3O2S/c1-3-10-9-16(8-7-15(10)2)19(17,18)12-11(13)5-4-6-14-12/h4-6,10H,3,7-9H2,1-2H3. The lowest BCUT2D eigenvalue weighted by Gasteiger charge is -2.38. The number of halogens is 1. The molecule has 0 amide bonds. The number of sulfonamides is 1. The van der Waals surface area contributed by atoms with Crippen LogP contribution in [0.4, 0.5) is 4.39 Å². The summed E-state index contributed by atoms with van der Waals surface area (Å²) >= 11 is 0. The maximum atomic E-state index is 13.6. The Bertz CT molecular complexity index is 550. The molecule has 1 aliphatic heterocycles. The second-order valence-corrected chi connectivity index (χ2v) is 6.55. The zero-order chi connectivity index (χ0) is 14.0. The molecule has 106 valence electrons. The molecule has 1 atom stereocenters. The van der Waals surface area contributed by atoms with Gasteiger partial charge in [-0.3, -0.25) is 0 Å².